The molecule has 178 valence electrons. The molecular weight excluding hydrogens is 444 g/mol. The highest BCUT2D eigenvalue weighted by atomic mass is 16.5. The SMILES string of the molecule is N#CCc1ccc(OCC(=O)Nc2ccc(CC(=O)N3CCN(c4ncccn4)CC3)cc2)cc1. The van der Waals surface area contributed by atoms with Crippen molar-refractivity contribution in [3.8, 4) is 11.8 Å². The second-order valence-electron chi connectivity index (χ2n) is 8.11. The Labute approximate surface area is 204 Å². The summed E-state index contributed by atoms with van der Waals surface area (Å²) in [4.78, 5) is 37.4. The lowest BCUT2D eigenvalue weighted by atomic mass is 10.1. The average Bonchev–Trinajstić information content (AvgIpc) is 2.90. The van der Waals surface area contributed by atoms with Gasteiger partial charge in [0.2, 0.25) is 11.9 Å². The summed E-state index contributed by atoms with van der Waals surface area (Å²) in [6, 6.07) is 18.2. The number of hydrogen-bond acceptors (Lipinski definition) is 7. The maximum Gasteiger partial charge on any atom is 0.262 e. The third kappa shape index (κ3) is 6.77. The standard InChI is InChI=1S/C26H26N6O3/c27-11-10-20-4-8-23(9-5-20)35-19-24(33)30-22-6-2-21(3-7-22)18-25(34)31-14-16-32(17-15-31)26-28-12-1-13-29-26/h1-9,12-13H,10,14-19H2,(H,30,33). The molecule has 0 saturated carbocycles. The van der Waals surface area contributed by atoms with Gasteiger partial charge in [0, 0.05) is 44.3 Å². The van der Waals surface area contributed by atoms with Gasteiger partial charge in [-0.25, -0.2) is 9.97 Å². The van der Waals surface area contributed by atoms with Gasteiger partial charge in [-0.1, -0.05) is 24.3 Å². The van der Waals surface area contributed by atoms with Crippen molar-refractivity contribution in [2.45, 2.75) is 12.8 Å². The van der Waals surface area contributed by atoms with Gasteiger partial charge in [-0.15, -0.1) is 0 Å². The largest absolute Gasteiger partial charge is 0.484 e. The molecule has 0 aliphatic carbocycles. The van der Waals surface area contributed by atoms with Gasteiger partial charge in [0.25, 0.3) is 5.91 Å². The zero-order valence-corrected chi connectivity index (χ0v) is 19.3. The van der Waals surface area contributed by atoms with Crippen LogP contribution in [0.15, 0.2) is 67.0 Å². The number of anilines is 2. The van der Waals surface area contributed by atoms with Crippen LogP contribution in [0.25, 0.3) is 0 Å². The zero-order chi connectivity index (χ0) is 24.5. The highest BCUT2D eigenvalue weighted by molar-refractivity contribution is 5.92. The van der Waals surface area contributed by atoms with E-state index in [1.807, 2.05) is 17.0 Å². The van der Waals surface area contributed by atoms with E-state index in [9.17, 15) is 9.59 Å². The number of carbonyl (C=O) groups excluding carboxylic acids is 2. The van der Waals surface area contributed by atoms with Crippen molar-refractivity contribution >= 4 is 23.5 Å². The zero-order valence-electron chi connectivity index (χ0n) is 19.3. The van der Waals surface area contributed by atoms with Gasteiger partial charge in [-0.2, -0.15) is 5.26 Å². The predicted octanol–water partition coefficient (Wildman–Crippen LogP) is 2.45. The van der Waals surface area contributed by atoms with Crippen LogP contribution in [-0.2, 0) is 22.4 Å². The van der Waals surface area contributed by atoms with Gasteiger partial charge >= 0.3 is 0 Å². The van der Waals surface area contributed by atoms with E-state index in [1.165, 1.54) is 0 Å². The summed E-state index contributed by atoms with van der Waals surface area (Å²) < 4.78 is 5.50. The van der Waals surface area contributed by atoms with Crippen molar-refractivity contribution in [3.05, 3.63) is 78.1 Å². The van der Waals surface area contributed by atoms with Gasteiger partial charge in [0.15, 0.2) is 6.61 Å². The Hall–Kier alpha value is -4.45. The minimum absolute atomic E-state index is 0.0737. The Morgan fingerprint density at radius 2 is 1.60 bits per heavy atom. The summed E-state index contributed by atoms with van der Waals surface area (Å²) in [5, 5.41) is 11.5. The number of benzene rings is 2. The molecule has 2 heterocycles. The molecular formula is C26H26N6O3. The van der Waals surface area contributed by atoms with Gasteiger partial charge in [0.1, 0.15) is 5.75 Å². The van der Waals surface area contributed by atoms with Crippen LogP contribution in [-0.4, -0.2) is 59.5 Å². The molecule has 4 rings (SSSR count). The molecule has 0 bridgehead atoms. The number of nitriles is 1. The fourth-order valence-corrected chi connectivity index (χ4v) is 3.74. The molecule has 1 aliphatic heterocycles. The lowest BCUT2D eigenvalue weighted by molar-refractivity contribution is -0.130. The minimum atomic E-state index is -0.282. The van der Waals surface area contributed by atoms with Crippen LogP contribution >= 0.6 is 0 Å². The average molecular weight is 471 g/mol. The number of nitrogens with zero attached hydrogens (tertiary/aromatic N) is 5. The Bertz CT molecular complexity index is 1170. The predicted molar refractivity (Wildman–Crippen MR) is 131 cm³/mol. The number of carbonyl (C=O) groups is 2. The fourth-order valence-electron chi connectivity index (χ4n) is 3.74. The smallest absolute Gasteiger partial charge is 0.262 e. The van der Waals surface area contributed by atoms with Gasteiger partial charge in [-0.05, 0) is 41.5 Å². The third-order valence-electron chi connectivity index (χ3n) is 5.64. The first-order valence-electron chi connectivity index (χ1n) is 11.4. The quantitative estimate of drug-likeness (QED) is 0.538. The molecule has 35 heavy (non-hydrogen) atoms. The highest BCUT2D eigenvalue weighted by Crippen LogP contribution is 2.15. The molecule has 3 aromatic rings. The molecule has 0 atom stereocenters. The maximum absolute atomic E-state index is 12.7. The molecule has 1 fully saturated rings. The van der Waals surface area contributed by atoms with Crippen LogP contribution in [0.2, 0.25) is 0 Å². The van der Waals surface area contributed by atoms with Crippen molar-refractivity contribution < 1.29 is 14.3 Å². The molecule has 2 aromatic carbocycles. The van der Waals surface area contributed by atoms with Crippen molar-refractivity contribution in [1.29, 1.82) is 5.26 Å². The topological polar surface area (TPSA) is 111 Å². The molecule has 0 radical (unpaired) electrons. The number of ether oxygens (including phenoxy) is 1. The van der Waals surface area contributed by atoms with Gasteiger partial charge in [-0.3, -0.25) is 9.59 Å². The molecule has 0 unspecified atom stereocenters. The van der Waals surface area contributed by atoms with Crippen molar-refractivity contribution in [2.75, 3.05) is 43.0 Å². The summed E-state index contributed by atoms with van der Waals surface area (Å²) in [6.07, 6.45) is 4.08. The highest BCUT2D eigenvalue weighted by Gasteiger charge is 2.22. The van der Waals surface area contributed by atoms with Gasteiger partial charge < -0.3 is 19.9 Å². The van der Waals surface area contributed by atoms with E-state index in [4.69, 9.17) is 10.00 Å². The number of hydrogen-bond donors (Lipinski definition) is 1. The molecule has 1 saturated heterocycles. The fraction of sp³-hybridized carbons (Fsp3) is 0.269. The molecule has 9 heteroatoms. The van der Waals surface area contributed by atoms with Crippen molar-refractivity contribution in [2.24, 2.45) is 0 Å². The van der Waals surface area contributed by atoms with E-state index in [0.29, 0.717) is 56.4 Å². The second-order valence-corrected chi connectivity index (χ2v) is 8.11. The van der Waals surface area contributed by atoms with Crippen LogP contribution in [0.1, 0.15) is 11.1 Å². The van der Waals surface area contributed by atoms with Crippen LogP contribution in [0.5, 0.6) is 5.75 Å². The lowest BCUT2D eigenvalue weighted by Crippen LogP contribution is -2.49. The van der Waals surface area contributed by atoms with Crippen LogP contribution in [0.4, 0.5) is 11.6 Å². The molecule has 1 N–H and O–H groups in total. The number of rotatable bonds is 8. The first-order chi connectivity index (χ1) is 17.1. The maximum atomic E-state index is 12.7. The number of aromatic nitrogens is 2. The molecule has 1 aromatic heterocycles. The summed E-state index contributed by atoms with van der Waals surface area (Å²) in [6.45, 7) is 2.54. The van der Waals surface area contributed by atoms with Crippen LogP contribution in [0.3, 0.4) is 0 Å². The molecule has 1 aliphatic rings. The number of nitrogens with one attached hydrogen (secondary N) is 1. The normalized spacial score (nSPS) is 13.1. The molecule has 9 nitrogen and oxygen atoms in total. The molecule has 0 spiro atoms. The van der Waals surface area contributed by atoms with E-state index in [1.54, 1.807) is 54.9 Å². The summed E-state index contributed by atoms with van der Waals surface area (Å²) in [7, 11) is 0. The Morgan fingerprint density at radius 1 is 0.943 bits per heavy atom. The van der Waals surface area contributed by atoms with E-state index in [-0.39, 0.29) is 18.4 Å². The van der Waals surface area contributed by atoms with E-state index in [0.717, 1.165) is 11.1 Å². The lowest BCUT2D eigenvalue weighted by Gasteiger charge is -2.34. The monoisotopic (exact) mass is 470 g/mol. The van der Waals surface area contributed by atoms with Gasteiger partial charge in [0.05, 0.1) is 18.9 Å². The number of amides is 2. The summed E-state index contributed by atoms with van der Waals surface area (Å²) in [5.74, 6) is 1.05. The van der Waals surface area contributed by atoms with Crippen LogP contribution in [0, 0.1) is 11.3 Å². The summed E-state index contributed by atoms with van der Waals surface area (Å²) in [5.41, 5.74) is 2.41. The van der Waals surface area contributed by atoms with E-state index >= 15 is 0 Å². The Morgan fingerprint density at radius 3 is 2.26 bits per heavy atom. The minimum Gasteiger partial charge on any atom is -0.484 e. The third-order valence-corrected chi connectivity index (χ3v) is 5.64. The van der Waals surface area contributed by atoms with Crippen LogP contribution < -0.4 is 15.0 Å². The van der Waals surface area contributed by atoms with E-state index in [2.05, 4.69) is 26.3 Å². The van der Waals surface area contributed by atoms with E-state index < -0.39 is 0 Å². The first-order valence-corrected chi connectivity index (χ1v) is 11.4. The number of piperazine rings is 1. The van der Waals surface area contributed by atoms with Crippen molar-refractivity contribution in [1.82, 2.24) is 14.9 Å². The second kappa shape index (κ2) is 11.6. The Balaban J connectivity index is 1.20. The first kappa shape index (κ1) is 23.7. The molecule has 2 amide bonds. The van der Waals surface area contributed by atoms with Crippen molar-refractivity contribution in [3.63, 3.8) is 0 Å². The Kier molecular flexibility index (Phi) is 7.86. The summed E-state index contributed by atoms with van der Waals surface area (Å²) >= 11 is 0.